The van der Waals surface area contributed by atoms with Crippen LogP contribution in [0.15, 0.2) is 54.6 Å². The van der Waals surface area contributed by atoms with E-state index in [1.807, 2.05) is 0 Å². The fourth-order valence-corrected chi connectivity index (χ4v) is 5.14. The molecule has 0 unspecified atom stereocenters. The quantitative estimate of drug-likeness (QED) is 0.466. The van der Waals surface area contributed by atoms with Crippen molar-refractivity contribution in [2.75, 3.05) is 29.5 Å². The Bertz CT molecular complexity index is 1470. The highest BCUT2D eigenvalue weighted by atomic mass is 35.5. The summed E-state index contributed by atoms with van der Waals surface area (Å²) in [5.74, 6) is -6.53. The van der Waals surface area contributed by atoms with E-state index in [0.717, 1.165) is 23.1 Å². The van der Waals surface area contributed by atoms with Crippen LogP contribution in [0.25, 0.3) is 0 Å². The van der Waals surface area contributed by atoms with Gasteiger partial charge in [0.25, 0.3) is 17.7 Å². The predicted molar refractivity (Wildman–Crippen MR) is 132 cm³/mol. The standard InChI is InChI=1S/C27H21ClF4N2O4/c28-17-2-6-22-20(13-17)26(38,14-35)27(31,32)8-10-34(22)24(36)16-1-5-23(21(30)12-16)33-9-7-15-11-18(29)3-4-19(15)25(33)37/h1-6,11-13,35,38H,7-10,14H2/t26-/m0/s1. The lowest BCUT2D eigenvalue weighted by Gasteiger charge is -2.33. The number of anilines is 2. The number of benzene rings is 3. The van der Waals surface area contributed by atoms with E-state index in [9.17, 15) is 33.0 Å². The van der Waals surface area contributed by atoms with Gasteiger partial charge in [-0.25, -0.2) is 17.6 Å². The normalized spacial score (nSPS) is 20.6. The second kappa shape index (κ2) is 9.37. The fourth-order valence-electron chi connectivity index (χ4n) is 4.96. The lowest BCUT2D eigenvalue weighted by atomic mass is 9.86. The van der Waals surface area contributed by atoms with Gasteiger partial charge >= 0.3 is 0 Å². The molecule has 0 aromatic heterocycles. The summed E-state index contributed by atoms with van der Waals surface area (Å²) in [5.41, 5.74) is -3.05. The van der Waals surface area contributed by atoms with E-state index in [2.05, 4.69) is 0 Å². The second-order valence-corrected chi connectivity index (χ2v) is 9.70. The molecule has 0 spiro atoms. The van der Waals surface area contributed by atoms with Crippen molar-refractivity contribution in [3.05, 3.63) is 93.5 Å². The number of halogens is 5. The summed E-state index contributed by atoms with van der Waals surface area (Å²) in [7, 11) is 0. The Labute approximate surface area is 219 Å². The average molecular weight is 549 g/mol. The van der Waals surface area contributed by atoms with Crippen LogP contribution in [0, 0.1) is 11.6 Å². The molecule has 2 aliphatic heterocycles. The van der Waals surface area contributed by atoms with E-state index >= 15 is 4.39 Å². The summed E-state index contributed by atoms with van der Waals surface area (Å²) < 4.78 is 58.7. The summed E-state index contributed by atoms with van der Waals surface area (Å²) in [4.78, 5) is 28.5. The number of hydrogen-bond acceptors (Lipinski definition) is 4. The summed E-state index contributed by atoms with van der Waals surface area (Å²) in [6.45, 7) is -1.77. The fraction of sp³-hybridized carbons (Fsp3) is 0.259. The van der Waals surface area contributed by atoms with Gasteiger partial charge in [0, 0.05) is 41.2 Å². The van der Waals surface area contributed by atoms with E-state index in [4.69, 9.17) is 11.6 Å². The number of alkyl halides is 2. The molecule has 3 aromatic carbocycles. The lowest BCUT2D eigenvalue weighted by molar-refractivity contribution is -0.205. The van der Waals surface area contributed by atoms with Gasteiger partial charge in [0.15, 0.2) is 5.60 Å². The number of nitrogens with zero attached hydrogens (tertiary/aromatic N) is 2. The van der Waals surface area contributed by atoms with Gasteiger partial charge in [0.2, 0.25) is 0 Å². The van der Waals surface area contributed by atoms with Gasteiger partial charge in [-0.05, 0) is 66.6 Å². The molecule has 2 heterocycles. The van der Waals surface area contributed by atoms with Gasteiger partial charge in [0.05, 0.1) is 18.0 Å². The molecule has 3 aromatic rings. The highest BCUT2D eigenvalue weighted by Crippen LogP contribution is 2.47. The number of carbonyl (C=O) groups excluding carboxylic acids is 2. The largest absolute Gasteiger partial charge is 0.393 e. The molecule has 6 nitrogen and oxygen atoms in total. The Hall–Kier alpha value is -3.47. The summed E-state index contributed by atoms with van der Waals surface area (Å²) in [6, 6.07) is 10.8. The van der Waals surface area contributed by atoms with Crippen molar-refractivity contribution in [2.24, 2.45) is 0 Å². The first-order valence-electron chi connectivity index (χ1n) is 11.7. The molecule has 2 aliphatic rings. The summed E-state index contributed by atoms with van der Waals surface area (Å²) >= 11 is 5.97. The zero-order valence-electron chi connectivity index (χ0n) is 19.7. The highest BCUT2D eigenvalue weighted by molar-refractivity contribution is 6.30. The molecule has 198 valence electrons. The number of hydrogen-bond donors (Lipinski definition) is 2. The van der Waals surface area contributed by atoms with Crippen LogP contribution < -0.4 is 9.80 Å². The smallest absolute Gasteiger partial charge is 0.284 e. The van der Waals surface area contributed by atoms with Crippen molar-refractivity contribution in [1.82, 2.24) is 0 Å². The van der Waals surface area contributed by atoms with Crippen molar-refractivity contribution in [3.8, 4) is 0 Å². The van der Waals surface area contributed by atoms with E-state index in [1.54, 1.807) is 0 Å². The minimum absolute atomic E-state index is 0.00614. The lowest BCUT2D eigenvalue weighted by Crippen LogP contribution is -2.48. The van der Waals surface area contributed by atoms with E-state index in [1.165, 1.54) is 41.3 Å². The third-order valence-electron chi connectivity index (χ3n) is 7.06. The van der Waals surface area contributed by atoms with Crippen LogP contribution in [0.3, 0.4) is 0 Å². The Morgan fingerprint density at radius 3 is 2.45 bits per heavy atom. The van der Waals surface area contributed by atoms with Gasteiger partial charge in [-0.3, -0.25) is 9.59 Å². The van der Waals surface area contributed by atoms with Crippen LogP contribution in [0.2, 0.25) is 5.02 Å². The SMILES string of the molecule is O=C1c2ccc(F)cc2CCN1c1ccc(C(=O)N2CCC(F)(F)[C@](O)(CO)c3cc(Cl)ccc32)cc1F. The second-order valence-electron chi connectivity index (χ2n) is 9.27. The minimum atomic E-state index is -3.81. The average Bonchev–Trinajstić information content (AvgIpc) is 2.96. The molecule has 38 heavy (non-hydrogen) atoms. The molecule has 0 fully saturated rings. The molecule has 0 aliphatic carbocycles. The number of carbonyl (C=O) groups is 2. The number of fused-ring (bicyclic) bond motifs is 2. The Balaban J connectivity index is 1.49. The van der Waals surface area contributed by atoms with E-state index < -0.39 is 60.1 Å². The van der Waals surface area contributed by atoms with Crippen molar-refractivity contribution in [2.45, 2.75) is 24.4 Å². The van der Waals surface area contributed by atoms with Crippen LogP contribution >= 0.6 is 11.6 Å². The zero-order valence-corrected chi connectivity index (χ0v) is 20.5. The third kappa shape index (κ3) is 4.13. The molecule has 0 radical (unpaired) electrons. The Morgan fingerprint density at radius 2 is 1.74 bits per heavy atom. The number of rotatable bonds is 3. The first-order valence-corrected chi connectivity index (χ1v) is 12.1. The molecule has 5 rings (SSSR count). The van der Waals surface area contributed by atoms with Crippen molar-refractivity contribution < 1.29 is 37.4 Å². The van der Waals surface area contributed by atoms with Crippen molar-refractivity contribution in [3.63, 3.8) is 0 Å². The van der Waals surface area contributed by atoms with Crippen LogP contribution in [0.4, 0.5) is 28.9 Å². The van der Waals surface area contributed by atoms with Crippen molar-refractivity contribution in [1.29, 1.82) is 0 Å². The topological polar surface area (TPSA) is 81.1 Å². The van der Waals surface area contributed by atoms with E-state index in [-0.39, 0.29) is 34.1 Å². The summed E-state index contributed by atoms with van der Waals surface area (Å²) in [5, 5.41) is 20.5. The highest BCUT2D eigenvalue weighted by Gasteiger charge is 2.56. The monoisotopic (exact) mass is 548 g/mol. The first-order chi connectivity index (χ1) is 18.0. The minimum Gasteiger partial charge on any atom is -0.393 e. The van der Waals surface area contributed by atoms with Crippen molar-refractivity contribution >= 4 is 34.8 Å². The van der Waals surface area contributed by atoms with Gasteiger partial charge < -0.3 is 20.0 Å². The van der Waals surface area contributed by atoms with Gasteiger partial charge in [-0.2, -0.15) is 0 Å². The maximum Gasteiger partial charge on any atom is 0.284 e. The first kappa shape index (κ1) is 26.1. The molecular formula is C27H21ClF4N2O4. The summed E-state index contributed by atoms with van der Waals surface area (Å²) in [6.07, 6.45) is -0.682. The van der Waals surface area contributed by atoms with Gasteiger partial charge in [-0.15, -0.1) is 0 Å². The van der Waals surface area contributed by atoms with Gasteiger partial charge in [-0.1, -0.05) is 11.6 Å². The maximum atomic E-state index is 15.3. The van der Waals surface area contributed by atoms with Crippen LogP contribution in [-0.2, 0) is 12.0 Å². The van der Waals surface area contributed by atoms with Crippen LogP contribution in [-0.4, -0.2) is 47.6 Å². The van der Waals surface area contributed by atoms with E-state index in [0.29, 0.717) is 12.0 Å². The molecule has 2 amide bonds. The molecule has 0 saturated heterocycles. The predicted octanol–water partition coefficient (Wildman–Crippen LogP) is 4.69. The number of aliphatic hydroxyl groups excluding tert-OH is 1. The molecular weight excluding hydrogens is 528 g/mol. The zero-order chi connectivity index (χ0) is 27.4. The number of aliphatic hydroxyl groups is 2. The number of amides is 2. The Kier molecular flexibility index (Phi) is 6.45. The molecule has 0 saturated carbocycles. The molecule has 2 N–H and O–H groups in total. The maximum absolute atomic E-state index is 15.3. The Morgan fingerprint density at radius 1 is 1.00 bits per heavy atom. The third-order valence-corrected chi connectivity index (χ3v) is 7.29. The van der Waals surface area contributed by atoms with Gasteiger partial charge in [0.1, 0.15) is 11.6 Å². The van der Waals surface area contributed by atoms with Crippen LogP contribution in [0.1, 0.15) is 38.3 Å². The molecule has 11 heteroatoms. The molecule has 0 bridgehead atoms. The van der Waals surface area contributed by atoms with Crippen LogP contribution in [0.5, 0.6) is 0 Å². The molecule has 1 atom stereocenters.